The molecule has 0 aliphatic carbocycles. The van der Waals surface area contributed by atoms with E-state index >= 15 is 0 Å². The first-order chi connectivity index (χ1) is 11.8. The minimum Gasteiger partial charge on any atom is -0.360 e. The van der Waals surface area contributed by atoms with Crippen LogP contribution in [0.2, 0.25) is 0 Å². The van der Waals surface area contributed by atoms with Gasteiger partial charge in [-0.3, -0.25) is 9.80 Å². The first-order valence-electron chi connectivity index (χ1n) is 7.99. The third-order valence-corrected chi connectivity index (χ3v) is 4.96. The Morgan fingerprint density at radius 3 is 2.54 bits per heavy atom. The molecule has 1 aliphatic rings. The maximum Gasteiger partial charge on any atom is 0.241 e. The minimum atomic E-state index is 0.678. The maximum absolute atomic E-state index is 5.38. The summed E-state index contributed by atoms with van der Waals surface area (Å²) in [5.74, 6) is 2.29. The summed E-state index contributed by atoms with van der Waals surface area (Å²) in [4.78, 5) is 10.2. The van der Waals surface area contributed by atoms with Gasteiger partial charge in [0.05, 0.1) is 23.7 Å². The smallest absolute Gasteiger partial charge is 0.241 e. The lowest BCUT2D eigenvalue weighted by atomic mass is 10.3. The van der Waals surface area contributed by atoms with E-state index in [9.17, 15) is 0 Å². The Kier molecular flexibility index (Phi) is 4.42. The zero-order valence-corrected chi connectivity index (χ0v) is 14.3. The lowest BCUT2D eigenvalue weighted by molar-refractivity contribution is 0.105. The fourth-order valence-electron chi connectivity index (χ4n) is 2.83. The van der Waals surface area contributed by atoms with E-state index < -0.39 is 0 Å². The van der Waals surface area contributed by atoms with Gasteiger partial charge in [-0.25, -0.2) is 0 Å². The third-order valence-electron chi connectivity index (χ3n) is 4.09. The number of rotatable bonds is 5. The van der Waals surface area contributed by atoms with Crippen LogP contribution in [-0.4, -0.2) is 51.3 Å². The molecule has 0 N–H and O–H groups in total. The molecule has 0 saturated carbocycles. The highest BCUT2D eigenvalue weighted by Gasteiger charge is 2.20. The normalized spacial score (nSPS) is 16.7. The molecule has 24 heavy (non-hydrogen) atoms. The monoisotopic (exact) mass is 345 g/mol. The van der Waals surface area contributed by atoms with Crippen molar-refractivity contribution in [1.82, 2.24) is 25.1 Å². The van der Waals surface area contributed by atoms with Crippen molar-refractivity contribution in [2.75, 3.05) is 26.2 Å². The van der Waals surface area contributed by atoms with E-state index in [0.29, 0.717) is 18.3 Å². The molecule has 3 aromatic rings. The zero-order chi connectivity index (χ0) is 16.4. The standard InChI is InChI=1S/C16H19N5O2S/c1-12-9-13(22-18-12)10-20-4-6-21(7-5-20)11-15-17-16(19-23-15)14-3-2-8-24-14/h2-3,8-9H,4-7,10-11H2,1H3. The van der Waals surface area contributed by atoms with E-state index in [0.717, 1.165) is 49.1 Å². The van der Waals surface area contributed by atoms with Crippen LogP contribution in [0.3, 0.4) is 0 Å². The van der Waals surface area contributed by atoms with Crippen LogP contribution in [0.4, 0.5) is 0 Å². The number of hydrogen-bond acceptors (Lipinski definition) is 8. The lowest BCUT2D eigenvalue weighted by Gasteiger charge is -2.33. The zero-order valence-electron chi connectivity index (χ0n) is 13.5. The number of hydrogen-bond donors (Lipinski definition) is 0. The van der Waals surface area contributed by atoms with Gasteiger partial charge in [-0.15, -0.1) is 11.3 Å². The van der Waals surface area contributed by atoms with Gasteiger partial charge >= 0.3 is 0 Å². The molecule has 0 amide bonds. The van der Waals surface area contributed by atoms with Crippen molar-refractivity contribution in [1.29, 1.82) is 0 Å². The molecule has 4 rings (SSSR count). The van der Waals surface area contributed by atoms with Crippen LogP contribution in [0.25, 0.3) is 10.7 Å². The van der Waals surface area contributed by atoms with Crippen molar-refractivity contribution in [2.45, 2.75) is 20.0 Å². The van der Waals surface area contributed by atoms with E-state index in [-0.39, 0.29) is 0 Å². The third kappa shape index (κ3) is 3.55. The molecule has 126 valence electrons. The molecule has 0 unspecified atom stereocenters. The SMILES string of the molecule is Cc1cc(CN2CCN(Cc3nc(-c4cccs4)no3)CC2)on1. The second-order valence-corrected chi connectivity index (χ2v) is 6.92. The van der Waals surface area contributed by atoms with Gasteiger partial charge in [0.2, 0.25) is 11.7 Å². The second-order valence-electron chi connectivity index (χ2n) is 5.98. The number of nitrogens with zero attached hydrogens (tertiary/aromatic N) is 5. The van der Waals surface area contributed by atoms with E-state index in [1.54, 1.807) is 11.3 Å². The maximum atomic E-state index is 5.38. The van der Waals surface area contributed by atoms with Gasteiger partial charge in [0.1, 0.15) is 0 Å². The summed E-state index contributed by atoms with van der Waals surface area (Å²) < 4.78 is 10.7. The predicted octanol–water partition coefficient (Wildman–Crippen LogP) is 2.41. The van der Waals surface area contributed by atoms with Gasteiger partial charge in [0.15, 0.2) is 5.76 Å². The summed E-state index contributed by atoms with van der Waals surface area (Å²) in [5, 5.41) is 10.0. The van der Waals surface area contributed by atoms with Crippen LogP contribution in [0.5, 0.6) is 0 Å². The molecule has 1 fully saturated rings. The summed E-state index contributed by atoms with van der Waals surface area (Å²) in [5.41, 5.74) is 0.932. The van der Waals surface area contributed by atoms with Crippen LogP contribution in [0.15, 0.2) is 32.6 Å². The largest absolute Gasteiger partial charge is 0.360 e. The van der Waals surface area contributed by atoms with Crippen LogP contribution in [0.1, 0.15) is 17.3 Å². The summed E-state index contributed by atoms with van der Waals surface area (Å²) in [7, 11) is 0. The van der Waals surface area contributed by atoms with Crippen molar-refractivity contribution in [2.24, 2.45) is 0 Å². The van der Waals surface area contributed by atoms with Gasteiger partial charge in [-0.1, -0.05) is 16.4 Å². The van der Waals surface area contributed by atoms with Crippen LogP contribution in [0, 0.1) is 6.92 Å². The Morgan fingerprint density at radius 2 is 1.88 bits per heavy atom. The topological polar surface area (TPSA) is 71.4 Å². The minimum absolute atomic E-state index is 0.678. The average Bonchev–Trinajstić information content (AvgIpc) is 3.31. The van der Waals surface area contributed by atoms with Gasteiger partial charge in [-0.05, 0) is 18.4 Å². The van der Waals surface area contributed by atoms with Crippen molar-refractivity contribution >= 4 is 11.3 Å². The molecule has 0 spiro atoms. The predicted molar refractivity (Wildman–Crippen MR) is 89.4 cm³/mol. The number of piperazine rings is 1. The molecule has 8 heteroatoms. The molecule has 7 nitrogen and oxygen atoms in total. The second kappa shape index (κ2) is 6.84. The average molecular weight is 345 g/mol. The number of thiophene rings is 1. The summed E-state index contributed by atoms with van der Waals surface area (Å²) in [6.45, 7) is 7.40. The summed E-state index contributed by atoms with van der Waals surface area (Å²) in [6, 6.07) is 5.99. The fraction of sp³-hybridized carbons (Fsp3) is 0.438. The molecule has 0 radical (unpaired) electrons. The molecule has 0 bridgehead atoms. The first-order valence-corrected chi connectivity index (χ1v) is 8.87. The number of aryl methyl sites for hydroxylation is 1. The Balaban J connectivity index is 1.29. The fourth-order valence-corrected chi connectivity index (χ4v) is 3.48. The van der Waals surface area contributed by atoms with Crippen LogP contribution >= 0.6 is 11.3 Å². The van der Waals surface area contributed by atoms with Crippen molar-refractivity contribution in [3.05, 3.63) is 40.9 Å². The van der Waals surface area contributed by atoms with E-state index in [1.807, 2.05) is 30.5 Å². The Hall–Kier alpha value is -2.03. The van der Waals surface area contributed by atoms with Gasteiger partial charge in [-0.2, -0.15) is 4.98 Å². The Labute approximate surface area is 143 Å². The Bertz CT molecular complexity index is 774. The van der Waals surface area contributed by atoms with E-state index in [2.05, 4.69) is 25.1 Å². The highest BCUT2D eigenvalue weighted by atomic mass is 32.1. The molecule has 3 aromatic heterocycles. The van der Waals surface area contributed by atoms with Gasteiger partial charge in [0.25, 0.3) is 0 Å². The lowest BCUT2D eigenvalue weighted by Crippen LogP contribution is -2.45. The summed E-state index contributed by atoms with van der Waals surface area (Å²) in [6.07, 6.45) is 0. The van der Waals surface area contributed by atoms with Gasteiger partial charge < -0.3 is 9.05 Å². The number of aromatic nitrogens is 3. The summed E-state index contributed by atoms with van der Waals surface area (Å²) >= 11 is 1.62. The molecule has 1 aliphatic heterocycles. The highest BCUT2D eigenvalue weighted by molar-refractivity contribution is 7.13. The van der Waals surface area contributed by atoms with E-state index in [4.69, 9.17) is 9.05 Å². The van der Waals surface area contributed by atoms with Crippen LogP contribution < -0.4 is 0 Å². The van der Waals surface area contributed by atoms with Crippen molar-refractivity contribution < 1.29 is 9.05 Å². The highest BCUT2D eigenvalue weighted by Crippen LogP contribution is 2.21. The molecule has 0 aromatic carbocycles. The van der Waals surface area contributed by atoms with Gasteiger partial charge in [0, 0.05) is 32.2 Å². The van der Waals surface area contributed by atoms with Crippen molar-refractivity contribution in [3.8, 4) is 10.7 Å². The van der Waals surface area contributed by atoms with Crippen molar-refractivity contribution in [3.63, 3.8) is 0 Å². The van der Waals surface area contributed by atoms with Crippen LogP contribution in [-0.2, 0) is 13.1 Å². The molecule has 4 heterocycles. The first kappa shape index (κ1) is 15.5. The molecular weight excluding hydrogens is 326 g/mol. The van der Waals surface area contributed by atoms with E-state index in [1.165, 1.54) is 0 Å². The quantitative estimate of drug-likeness (QED) is 0.703. The molecule has 0 atom stereocenters. The molecular formula is C16H19N5O2S. The Morgan fingerprint density at radius 1 is 1.08 bits per heavy atom. The molecule has 1 saturated heterocycles.